The van der Waals surface area contributed by atoms with Crippen LogP contribution in [0.25, 0.3) is 22.1 Å². The molecule has 180 valence electrons. The van der Waals surface area contributed by atoms with Crippen LogP contribution in [0.4, 0.5) is 5.82 Å². The van der Waals surface area contributed by atoms with Crippen molar-refractivity contribution in [2.75, 3.05) is 44.7 Å². The molecule has 35 heavy (non-hydrogen) atoms. The number of fused-ring (bicyclic) bond motifs is 1. The Morgan fingerprint density at radius 2 is 1.86 bits per heavy atom. The summed E-state index contributed by atoms with van der Waals surface area (Å²) >= 11 is 0. The number of rotatable bonds is 7. The van der Waals surface area contributed by atoms with Crippen molar-refractivity contribution < 1.29 is 13.9 Å². The van der Waals surface area contributed by atoms with E-state index in [1.807, 2.05) is 66.9 Å². The van der Waals surface area contributed by atoms with Crippen molar-refractivity contribution in [3.8, 4) is 16.9 Å². The summed E-state index contributed by atoms with van der Waals surface area (Å²) < 4.78 is 11.4. The molecule has 1 saturated heterocycles. The van der Waals surface area contributed by atoms with E-state index < -0.39 is 0 Å². The van der Waals surface area contributed by atoms with E-state index in [1.165, 1.54) is 0 Å². The van der Waals surface area contributed by atoms with Crippen LogP contribution < -0.4 is 15.0 Å². The van der Waals surface area contributed by atoms with E-state index in [1.54, 1.807) is 7.11 Å². The van der Waals surface area contributed by atoms with Gasteiger partial charge in [-0.15, -0.1) is 0 Å². The van der Waals surface area contributed by atoms with Crippen molar-refractivity contribution in [3.63, 3.8) is 0 Å². The number of benzene rings is 2. The second kappa shape index (κ2) is 10.2. The highest BCUT2D eigenvalue weighted by Crippen LogP contribution is 2.36. The van der Waals surface area contributed by atoms with Crippen LogP contribution in [0.1, 0.15) is 23.0 Å². The monoisotopic (exact) mass is 470 g/mol. The fourth-order valence-electron chi connectivity index (χ4n) is 4.52. The van der Waals surface area contributed by atoms with Gasteiger partial charge in [0, 0.05) is 55.9 Å². The van der Waals surface area contributed by atoms with Crippen LogP contribution >= 0.6 is 0 Å². The van der Waals surface area contributed by atoms with E-state index in [0.717, 1.165) is 60.6 Å². The molecular weight excluding hydrogens is 440 g/mol. The van der Waals surface area contributed by atoms with Crippen molar-refractivity contribution in [1.82, 2.24) is 15.2 Å². The lowest BCUT2D eigenvalue weighted by molar-refractivity contribution is 0.0926. The summed E-state index contributed by atoms with van der Waals surface area (Å²) in [6.45, 7) is 7.73. The number of aromatic nitrogens is 1. The molecule has 0 unspecified atom stereocenters. The first kappa shape index (κ1) is 22.9. The largest absolute Gasteiger partial charge is 0.497 e. The number of hydrogen-bond acceptors (Lipinski definition) is 6. The third-order valence-corrected chi connectivity index (χ3v) is 6.57. The number of amides is 1. The van der Waals surface area contributed by atoms with Gasteiger partial charge >= 0.3 is 0 Å². The van der Waals surface area contributed by atoms with Crippen LogP contribution in [-0.2, 0) is 6.54 Å². The van der Waals surface area contributed by atoms with Gasteiger partial charge < -0.3 is 24.3 Å². The molecule has 3 heterocycles. The van der Waals surface area contributed by atoms with Gasteiger partial charge in [0.15, 0.2) is 0 Å². The molecule has 5 rings (SSSR count). The van der Waals surface area contributed by atoms with E-state index >= 15 is 0 Å². The zero-order valence-electron chi connectivity index (χ0n) is 20.2. The summed E-state index contributed by atoms with van der Waals surface area (Å²) in [5, 5.41) is 3.87. The second-order valence-electron chi connectivity index (χ2n) is 8.66. The molecule has 0 radical (unpaired) electrons. The number of piperazine rings is 1. The molecule has 0 bridgehead atoms. The first-order chi connectivity index (χ1) is 17.2. The maximum Gasteiger partial charge on any atom is 0.287 e. The molecule has 1 N–H and O–H groups in total. The van der Waals surface area contributed by atoms with Gasteiger partial charge in [-0.2, -0.15) is 0 Å². The minimum Gasteiger partial charge on any atom is -0.497 e. The lowest BCUT2D eigenvalue weighted by Gasteiger charge is -2.34. The number of nitrogens with one attached hydrogen (secondary N) is 1. The molecule has 1 aliphatic rings. The number of pyridine rings is 1. The minimum atomic E-state index is -0.265. The molecule has 1 aliphatic heterocycles. The lowest BCUT2D eigenvalue weighted by atomic mass is 10.0. The van der Waals surface area contributed by atoms with Gasteiger partial charge in [-0.25, -0.2) is 4.98 Å². The van der Waals surface area contributed by atoms with Crippen molar-refractivity contribution >= 4 is 22.7 Å². The highest BCUT2D eigenvalue weighted by Gasteiger charge is 2.22. The fraction of sp³-hybridized carbons (Fsp3) is 0.286. The molecule has 0 spiro atoms. The second-order valence-corrected chi connectivity index (χ2v) is 8.66. The number of carbonyl (C=O) groups is 1. The predicted octanol–water partition coefficient (Wildman–Crippen LogP) is 4.58. The van der Waals surface area contributed by atoms with E-state index in [9.17, 15) is 4.79 Å². The first-order valence-electron chi connectivity index (χ1n) is 12.0. The quantitative estimate of drug-likeness (QED) is 0.427. The maximum absolute atomic E-state index is 13.2. The average Bonchev–Trinajstić information content (AvgIpc) is 3.31. The van der Waals surface area contributed by atoms with Crippen LogP contribution in [0.3, 0.4) is 0 Å². The summed E-state index contributed by atoms with van der Waals surface area (Å²) in [5.74, 6) is 1.69. The van der Waals surface area contributed by atoms with Gasteiger partial charge in [-0.05, 0) is 35.9 Å². The molecule has 2 aromatic carbocycles. The van der Waals surface area contributed by atoms with E-state index in [2.05, 4.69) is 27.0 Å². The molecule has 2 aromatic heterocycles. The normalized spacial score (nSPS) is 14.3. The molecule has 7 heteroatoms. The zero-order chi connectivity index (χ0) is 24.2. The van der Waals surface area contributed by atoms with Gasteiger partial charge in [-0.1, -0.05) is 43.3 Å². The summed E-state index contributed by atoms with van der Waals surface area (Å²) in [6, 6.07) is 19.5. The van der Waals surface area contributed by atoms with Gasteiger partial charge in [0.1, 0.15) is 17.2 Å². The van der Waals surface area contributed by atoms with Crippen molar-refractivity contribution in [3.05, 3.63) is 78.2 Å². The fourth-order valence-corrected chi connectivity index (χ4v) is 4.52. The number of hydrogen-bond donors (Lipinski definition) is 1. The standard InChI is InChI=1S/C28H30N4O3/c1-3-31-13-15-32(16-14-31)25-12-9-20(18-29-25)19-30-28(33)27-26(21-7-5-4-6-8-21)23-11-10-22(34-2)17-24(23)35-27/h4-12,17-18H,3,13-16,19H2,1-2H3,(H,30,33). The number of carbonyl (C=O) groups excluding carboxylic acids is 1. The van der Waals surface area contributed by atoms with E-state index in [0.29, 0.717) is 17.9 Å². The smallest absolute Gasteiger partial charge is 0.287 e. The van der Waals surface area contributed by atoms with E-state index in [4.69, 9.17) is 9.15 Å². The van der Waals surface area contributed by atoms with Crippen LogP contribution in [-0.4, -0.2) is 55.6 Å². The average molecular weight is 471 g/mol. The Morgan fingerprint density at radius 3 is 2.54 bits per heavy atom. The maximum atomic E-state index is 13.2. The Labute approximate surface area is 205 Å². The lowest BCUT2D eigenvalue weighted by Crippen LogP contribution is -2.46. The molecule has 7 nitrogen and oxygen atoms in total. The van der Waals surface area contributed by atoms with Gasteiger partial charge in [-0.3, -0.25) is 4.79 Å². The van der Waals surface area contributed by atoms with Crippen molar-refractivity contribution in [2.45, 2.75) is 13.5 Å². The predicted molar refractivity (Wildman–Crippen MR) is 138 cm³/mol. The first-order valence-corrected chi connectivity index (χ1v) is 12.0. The molecule has 1 amide bonds. The van der Waals surface area contributed by atoms with Crippen LogP contribution in [0, 0.1) is 0 Å². The highest BCUT2D eigenvalue weighted by molar-refractivity contribution is 6.08. The van der Waals surface area contributed by atoms with Crippen LogP contribution in [0.2, 0.25) is 0 Å². The Balaban J connectivity index is 1.33. The Hall–Kier alpha value is -3.84. The van der Waals surface area contributed by atoms with Crippen LogP contribution in [0.15, 0.2) is 71.3 Å². The highest BCUT2D eigenvalue weighted by atomic mass is 16.5. The number of furan rings is 1. The van der Waals surface area contributed by atoms with Crippen LogP contribution in [0.5, 0.6) is 5.75 Å². The number of ether oxygens (including phenoxy) is 1. The molecule has 0 saturated carbocycles. The Kier molecular flexibility index (Phi) is 6.68. The molecule has 4 aromatic rings. The van der Waals surface area contributed by atoms with Crippen molar-refractivity contribution in [1.29, 1.82) is 0 Å². The number of nitrogens with zero attached hydrogens (tertiary/aromatic N) is 3. The Bertz CT molecular complexity index is 1290. The van der Waals surface area contributed by atoms with Gasteiger partial charge in [0.25, 0.3) is 5.91 Å². The summed E-state index contributed by atoms with van der Waals surface area (Å²) in [6.07, 6.45) is 1.84. The third kappa shape index (κ3) is 4.86. The topological polar surface area (TPSA) is 70.8 Å². The number of methoxy groups -OCH3 is 1. The SMILES string of the molecule is CCN1CCN(c2ccc(CNC(=O)c3oc4cc(OC)ccc4c3-c3ccccc3)cn2)CC1. The summed E-state index contributed by atoms with van der Waals surface area (Å²) in [4.78, 5) is 22.6. The molecule has 0 atom stereocenters. The number of anilines is 1. The molecular formula is C28H30N4O3. The third-order valence-electron chi connectivity index (χ3n) is 6.57. The van der Waals surface area contributed by atoms with E-state index in [-0.39, 0.29) is 11.7 Å². The summed E-state index contributed by atoms with van der Waals surface area (Å²) in [5.41, 5.74) is 3.26. The van der Waals surface area contributed by atoms with Gasteiger partial charge in [0.05, 0.1) is 7.11 Å². The summed E-state index contributed by atoms with van der Waals surface area (Å²) in [7, 11) is 1.61. The Morgan fingerprint density at radius 1 is 1.06 bits per heavy atom. The number of likely N-dealkylation sites (N-methyl/N-ethyl adjacent to an activating group) is 1. The van der Waals surface area contributed by atoms with Crippen molar-refractivity contribution in [2.24, 2.45) is 0 Å². The van der Waals surface area contributed by atoms with Gasteiger partial charge in [0.2, 0.25) is 5.76 Å². The molecule has 0 aliphatic carbocycles. The zero-order valence-corrected chi connectivity index (χ0v) is 20.2. The minimum absolute atomic E-state index is 0.265. The molecule has 1 fully saturated rings.